The molecular formula is C3H7N6O3P. The van der Waals surface area contributed by atoms with Crippen LogP contribution in [0.5, 0.6) is 0 Å². The lowest BCUT2D eigenvalue weighted by atomic mass is 10.8. The molecule has 0 amide bonds. The van der Waals surface area contributed by atoms with Crippen molar-refractivity contribution in [3.05, 3.63) is 0 Å². The Morgan fingerprint density at radius 2 is 1.62 bits per heavy atom. The molecule has 0 radical (unpaired) electrons. The lowest BCUT2D eigenvalue weighted by Gasteiger charge is -2.05. The van der Waals surface area contributed by atoms with Gasteiger partial charge >= 0.3 is 7.75 Å². The molecule has 7 N–H and O–H groups in total. The molecule has 1 aromatic rings. The van der Waals surface area contributed by atoms with Crippen molar-refractivity contribution in [1.82, 2.24) is 15.0 Å². The predicted molar refractivity (Wildman–Crippen MR) is 44.3 cm³/mol. The van der Waals surface area contributed by atoms with E-state index in [1.165, 1.54) is 0 Å². The van der Waals surface area contributed by atoms with Crippen LogP contribution in [0.3, 0.4) is 0 Å². The van der Waals surface area contributed by atoms with Crippen LogP contribution in [0.4, 0.5) is 17.8 Å². The maximum Gasteiger partial charge on any atom is 0.429 e. The molecule has 0 saturated heterocycles. The molecule has 9 nitrogen and oxygen atoms in total. The molecule has 1 heterocycles. The molecule has 0 spiro atoms. The summed E-state index contributed by atoms with van der Waals surface area (Å²) in [5.74, 6) is -0.801. The summed E-state index contributed by atoms with van der Waals surface area (Å²) in [6.07, 6.45) is 0. The standard InChI is InChI=1S/C3H7N6O3P/c4-1-6-2(5)8-3(7-1)9-13(10,11)12/h(H7,4,5,6,7,8,9,10,11,12). The fraction of sp³-hybridized carbons (Fsp3) is 0. The van der Waals surface area contributed by atoms with E-state index < -0.39 is 7.75 Å². The SMILES string of the molecule is Nc1nc(N)nc(NP(=O)(O)O)n1. The van der Waals surface area contributed by atoms with E-state index in [4.69, 9.17) is 21.3 Å². The zero-order valence-electron chi connectivity index (χ0n) is 6.25. The third-order valence-electron chi connectivity index (χ3n) is 0.916. The van der Waals surface area contributed by atoms with Gasteiger partial charge in [0.15, 0.2) is 0 Å². The highest BCUT2D eigenvalue weighted by molar-refractivity contribution is 7.53. The smallest absolute Gasteiger partial charge is 0.368 e. The first-order valence-corrected chi connectivity index (χ1v) is 4.59. The average molecular weight is 206 g/mol. The molecule has 0 fully saturated rings. The van der Waals surface area contributed by atoms with Gasteiger partial charge in [0.1, 0.15) is 0 Å². The number of nitrogen functional groups attached to an aromatic ring is 2. The summed E-state index contributed by atoms with van der Waals surface area (Å²) in [6, 6.07) is 0. The van der Waals surface area contributed by atoms with E-state index in [0.717, 1.165) is 0 Å². The molecular weight excluding hydrogens is 199 g/mol. The van der Waals surface area contributed by atoms with Crippen LogP contribution in [0.2, 0.25) is 0 Å². The van der Waals surface area contributed by atoms with Crippen molar-refractivity contribution in [2.45, 2.75) is 0 Å². The number of rotatable bonds is 2. The van der Waals surface area contributed by atoms with E-state index in [-0.39, 0.29) is 17.8 Å². The van der Waals surface area contributed by atoms with Crippen molar-refractivity contribution in [1.29, 1.82) is 0 Å². The van der Waals surface area contributed by atoms with Gasteiger partial charge in [0.05, 0.1) is 0 Å². The Hall–Kier alpha value is -1.44. The lowest BCUT2D eigenvalue weighted by Crippen LogP contribution is -2.07. The minimum Gasteiger partial charge on any atom is -0.368 e. The molecule has 10 heteroatoms. The maximum atomic E-state index is 10.4. The Kier molecular flexibility index (Phi) is 2.32. The van der Waals surface area contributed by atoms with Gasteiger partial charge in [0, 0.05) is 0 Å². The zero-order valence-corrected chi connectivity index (χ0v) is 7.14. The molecule has 0 aromatic carbocycles. The molecule has 0 aliphatic rings. The van der Waals surface area contributed by atoms with E-state index in [1.54, 1.807) is 5.09 Å². The van der Waals surface area contributed by atoms with Crippen LogP contribution in [0, 0.1) is 0 Å². The van der Waals surface area contributed by atoms with Crippen LogP contribution in [-0.4, -0.2) is 24.7 Å². The van der Waals surface area contributed by atoms with E-state index in [1.807, 2.05) is 0 Å². The molecule has 1 aromatic heterocycles. The van der Waals surface area contributed by atoms with Gasteiger partial charge in [-0.15, -0.1) is 0 Å². The molecule has 0 bridgehead atoms. The predicted octanol–water partition coefficient (Wildman–Crippen LogP) is -1.46. The highest BCUT2D eigenvalue weighted by atomic mass is 31.2. The lowest BCUT2D eigenvalue weighted by molar-refractivity contribution is 0.380. The fourth-order valence-corrected chi connectivity index (χ4v) is 0.950. The van der Waals surface area contributed by atoms with Crippen molar-refractivity contribution >= 4 is 25.6 Å². The summed E-state index contributed by atoms with van der Waals surface area (Å²) < 4.78 is 10.4. The van der Waals surface area contributed by atoms with Crippen molar-refractivity contribution < 1.29 is 14.4 Å². The number of anilines is 3. The fourth-order valence-electron chi connectivity index (χ4n) is 0.590. The Morgan fingerprint density at radius 1 is 1.15 bits per heavy atom. The third-order valence-corrected chi connectivity index (χ3v) is 1.41. The summed E-state index contributed by atoms with van der Waals surface area (Å²) in [6.45, 7) is 0. The van der Waals surface area contributed by atoms with Crippen LogP contribution in [-0.2, 0) is 4.57 Å². The second-order valence-electron chi connectivity index (χ2n) is 2.03. The van der Waals surface area contributed by atoms with E-state index in [9.17, 15) is 4.57 Å². The Balaban J connectivity index is 2.96. The average Bonchev–Trinajstić information content (AvgIpc) is 1.78. The molecule has 0 unspecified atom stereocenters. The monoisotopic (exact) mass is 206 g/mol. The normalized spacial score (nSPS) is 11.2. The van der Waals surface area contributed by atoms with Crippen molar-refractivity contribution in [2.24, 2.45) is 0 Å². The molecule has 13 heavy (non-hydrogen) atoms. The van der Waals surface area contributed by atoms with Gasteiger partial charge in [0.2, 0.25) is 17.8 Å². The number of nitrogens with one attached hydrogen (secondary N) is 1. The van der Waals surface area contributed by atoms with Gasteiger partial charge in [0.25, 0.3) is 0 Å². The maximum absolute atomic E-state index is 10.4. The summed E-state index contributed by atoms with van der Waals surface area (Å²) in [4.78, 5) is 27.1. The van der Waals surface area contributed by atoms with Gasteiger partial charge in [-0.2, -0.15) is 15.0 Å². The third kappa shape index (κ3) is 3.20. The minimum absolute atomic E-state index is 0.219. The Bertz CT molecular complexity index is 342. The second kappa shape index (κ2) is 3.13. The van der Waals surface area contributed by atoms with Gasteiger partial charge in [-0.3, -0.25) is 5.09 Å². The molecule has 0 saturated carbocycles. The topological polar surface area (TPSA) is 160 Å². The van der Waals surface area contributed by atoms with E-state index >= 15 is 0 Å². The minimum atomic E-state index is -4.44. The Morgan fingerprint density at radius 3 is 2.00 bits per heavy atom. The van der Waals surface area contributed by atoms with Crippen LogP contribution >= 0.6 is 7.75 Å². The summed E-state index contributed by atoms with van der Waals surface area (Å²) in [5.41, 5.74) is 10.3. The first-order chi connectivity index (χ1) is 5.87. The van der Waals surface area contributed by atoms with Gasteiger partial charge in [-0.25, -0.2) is 4.57 Å². The van der Waals surface area contributed by atoms with Crippen LogP contribution < -0.4 is 16.6 Å². The Labute approximate surface area is 72.4 Å². The second-order valence-corrected chi connectivity index (χ2v) is 3.34. The van der Waals surface area contributed by atoms with Crippen LogP contribution in [0.1, 0.15) is 0 Å². The molecule has 0 atom stereocenters. The van der Waals surface area contributed by atoms with Gasteiger partial charge in [-0.05, 0) is 0 Å². The van der Waals surface area contributed by atoms with Gasteiger partial charge < -0.3 is 21.3 Å². The number of aromatic nitrogens is 3. The summed E-state index contributed by atoms with van der Waals surface area (Å²) in [7, 11) is -4.44. The van der Waals surface area contributed by atoms with Crippen molar-refractivity contribution in [3.8, 4) is 0 Å². The van der Waals surface area contributed by atoms with E-state index in [0.29, 0.717) is 0 Å². The number of nitrogens with zero attached hydrogens (tertiary/aromatic N) is 3. The molecule has 0 aliphatic heterocycles. The molecule has 1 rings (SSSR count). The molecule has 0 aliphatic carbocycles. The number of nitrogens with two attached hydrogens (primary N) is 2. The highest BCUT2D eigenvalue weighted by Crippen LogP contribution is 2.33. The zero-order chi connectivity index (χ0) is 10.1. The highest BCUT2D eigenvalue weighted by Gasteiger charge is 2.15. The quantitative estimate of drug-likeness (QED) is 0.364. The molecule has 72 valence electrons. The summed E-state index contributed by atoms with van der Waals surface area (Å²) >= 11 is 0. The number of hydrogen-bond donors (Lipinski definition) is 5. The number of hydrogen-bond acceptors (Lipinski definition) is 6. The van der Waals surface area contributed by atoms with Crippen LogP contribution in [0.25, 0.3) is 0 Å². The van der Waals surface area contributed by atoms with Crippen LogP contribution in [0.15, 0.2) is 0 Å². The van der Waals surface area contributed by atoms with Crippen molar-refractivity contribution in [3.63, 3.8) is 0 Å². The summed E-state index contributed by atoms with van der Waals surface area (Å²) in [5, 5.41) is 1.71. The van der Waals surface area contributed by atoms with Crippen molar-refractivity contribution in [2.75, 3.05) is 16.6 Å². The largest absolute Gasteiger partial charge is 0.429 e. The van der Waals surface area contributed by atoms with Gasteiger partial charge in [-0.1, -0.05) is 0 Å². The first-order valence-electron chi connectivity index (χ1n) is 2.98. The van der Waals surface area contributed by atoms with E-state index in [2.05, 4.69) is 15.0 Å². The first kappa shape index (κ1) is 9.65.